The normalized spacial score (nSPS) is 13.3. The summed E-state index contributed by atoms with van der Waals surface area (Å²) in [6.45, 7) is 6.79. The summed E-state index contributed by atoms with van der Waals surface area (Å²) in [7, 11) is 2.82. The molecule has 0 saturated heterocycles. The minimum atomic E-state index is -0.885. The number of nitrogens with one attached hydrogen (secondary N) is 1. The maximum atomic E-state index is 11.9. The number of hydrogen-bond donors (Lipinski definition) is 3. The molecule has 21 nitrogen and oxygen atoms in total. The first-order valence-electron chi connectivity index (χ1n) is 34.6. The van der Waals surface area contributed by atoms with E-state index in [2.05, 4.69) is 117 Å². The summed E-state index contributed by atoms with van der Waals surface area (Å²) in [5, 5.41) is 28.5. The van der Waals surface area contributed by atoms with Gasteiger partial charge in [-0.25, -0.2) is 43.4 Å². The standard InChI is InChI=1S/C24H22N4O2S.C23H21N5OS.C23H20N4O2S.C11H13NO2.ClH/c1-30-23(29)19-7-6-18-8-11-27(16-20(18)14-19)24-25-15-22(31-24)13-17-4-2-5-21(12-17)28-10-3-9-26-28;24-22(29)18-6-5-17-7-10-27(15-19(17)13-18)23-25-14-21(30-23)12-16-3-1-4-20(11-16)28-9-2-8-26-28;28-22(29)18-6-5-17-7-10-26(15-19(17)13-18)23-24-14-21(30-23)12-16-3-1-4-20(11-16)27-9-2-8-25-27;1-14-11(13)9-3-2-8-4-5-12-7-10(8)6-9;/h2-7,9-10,12,14-15H,8,11,13,16H2,1H3;1-6,8-9,11,13-14H,7,10,12,15H2,(H2,24,29);1-6,8-9,11,13-14H,7,10,12,15H2,(H,28,29);2-3,6,12H,4-5,7H2,1H3;1H. The van der Waals surface area contributed by atoms with Gasteiger partial charge in [0.25, 0.3) is 0 Å². The van der Waals surface area contributed by atoms with Gasteiger partial charge in [0.15, 0.2) is 15.4 Å². The second-order valence-electron chi connectivity index (χ2n) is 25.7. The summed E-state index contributed by atoms with van der Waals surface area (Å²) in [5.74, 6) is -1.83. The highest BCUT2D eigenvalue weighted by Crippen LogP contribution is 2.34. The molecule has 538 valence electrons. The van der Waals surface area contributed by atoms with Gasteiger partial charge in [-0.2, -0.15) is 15.3 Å². The van der Waals surface area contributed by atoms with Gasteiger partial charge in [0.05, 0.1) is 48.0 Å². The van der Waals surface area contributed by atoms with Crippen LogP contribution in [-0.4, -0.2) is 114 Å². The Balaban J connectivity index is 0.000000128. The zero-order valence-corrected chi connectivity index (χ0v) is 61.6. The minimum absolute atomic E-state index is 0. The number of carbonyl (C=O) groups excluding carboxylic acids is 3. The van der Waals surface area contributed by atoms with Crippen LogP contribution in [0.4, 0.5) is 15.4 Å². The predicted molar refractivity (Wildman–Crippen MR) is 416 cm³/mol. The number of hydrogen-bond acceptors (Lipinski definition) is 19. The fourth-order valence-corrected chi connectivity index (χ4v) is 16.2. The van der Waals surface area contributed by atoms with Gasteiger partial charge in [-0.15, -0.1) is 46.4 Å². The number of amides is 1. The monoisotopic (exact) mass is 1490 g/mol. The molecule has 4 aliphatic heterocycles. The first kappa shape index (κ1) is 72.9. The van der Waals surface area contributed by atoms with Crippen LogP contribution in [0.3, 0.4) is 0 Å². The van der Waals surface area contributed by atoms with Crippen molar-refractivity contribution in [2.45, 2.75) is 71.1 Å². The minimum Gasteiger partial charge on any atom is -0.478 e. The second kappa shape index (κ2) is 34.0. The van der Waals surface area contributed by atoms with E-state index in [1.807, 2.05) is 136 Å². The lowest BCUT2D eigenvalue weighted by atomic mass is 9.97. The van der Waals surface area contributed by atoms with Crippen LogP contribution < -0.4 is 25.8 Å². The molecule has 1 amide bonds. The van der Waals surface area contributed by atoms with E-state index in [4.69, 9.17) is 15.5 Å². The lowest BCUT2D eigenvalue weighted by Crippen LogP contribution is -2.30. The van der Waals surface area contributed by atoms with E-state index in [1.165, 1.54) is 73.4 Å². The van der Waals surface area contributed by atoms with Gasteiger partial charge in [0.2, 0.25) is 5.91 Å². The fraction of sp³-hybridized carbons (Fsp3) is 0.210. The summed E-state index contributed by atoms with van der Waals surface area (Å²) >= 11 is 5.15. The SMILES string of the molecule is COC(=O)c1ccc2c(c1)CN(c1ncc(Cc3cccc(-n4cccn4)c3)s1)CC2.COC(=O)c1ccc2c(c1)CNCC2.Cl.NC(=O)c1ccc2c(c1)CN(c1ncc(Cc3cccc(-n4cccn4)c3)s1)CC2.O=C(O)c1ccc2c(c1)CN(c1ncc(Cc3cccc(-n4cccn4)c3)s1)CC2. The van der Waals surface area contributed by atoms with Crippen molar-refractivity contribution < 1.29 is 33.8 Å². The van der Waals surface area contributed by atoms with E-state index in [-0.39, 0.29) is 30.3 Å². The fourth-order valence-electron chi connectivity index (χ4n) is 13.3. The molecule has 0 atom stereocenters. The average Bonchev–Trinajstić information content (AvgIpc) is 1.42. The molecule has 25 heteroatoms. The Morgan fingerprint density at radius 2 is 0.802 bits per heavy atom. The molecule has 0 bridgehead atoms. The number of halogens is 1. The number of primary amides is 1. The average molecular weight is 1490 g/mol. The number of aromatic nitrogens is 9. The van der Waals surface area contributed by atoms with Crippen LogP contribution in [0.2, 0.25) is 0 Å². The molecule has 4 N–H and O–H groups in total. The van der Waals surface area contributed by atoms with Gasteiger partial charge < -0.3 is 40.3 Å². The van der Waals surface area contributed by atoms with Crippen LogP contribution in [0.15, 0.2) is 220 Å². The van der Waals surface area contributed by atoms with Crippen molar-refractivity contribution in [3.05, 3.63) is 318 Å². The molecule has 7 aromatic carbocycles. The first-order valence-corrected chi connectivity index (χ1v) is 37.0. The Labute approximate surface area is 631 Å². The quantitative estimate of drug-likeness (QED) is 0.0761. The molecule has 0 unspecified atom stereocenters. The molecule has 0 radical (unpaired) electrons. The van der Waals surface area contributed by atoms with E-state index in [9.17, 15) is 24.3 Å². The molecule has 106 heavy (non-hydrogen) atoms. The number of rotatable bonds is 16. The second-order valence-corrected chi connectivity index (χ2v) is 29.0. The summed E-state index contributed by atoms with van der Waals surface area (Å²) in [5.41, 5.74) is 24.1. The van der Waals surface area contributed by atoms with Crippen molar-refractivity contribution in [2.24, 2.45) is 5.73 Å². The molecule has 13 aromatic rings. The number of anilines is 3. The van der Waals surface area contributed by atoms with Crippen LogP contribution in [-0.2, 0) is 80.6 Å². The van der Waals surface area contributed by atoms with Gasteiger partial charge in [0, 0.05) is 141 Å². The highest BCUT2D eigenvalue weighted by molar-refractivity contribution is 7.16. The number of esters is 2. The van der Waals surface area contributed by atoms with Gasteiger partial charge in [-0.3, -0.25) is 4.79 Å². The lowest BCUT2D eigenvalue weighted by Gasteiger charge is -2.28. The van der Waals surface area contributed by atoms with E-state index < -0.39 is 5.97 Å². The molecule has 0 spiro atoms. The number of carboxylic acid groups (broad SMARTS) is 1. The van der Waals surface area contributed by atoms with Crippen LogP contribution in [0.25, 0.3) is 17.1 Å². The number of carbonyl (C=O) groups is 4. The smallest absolute Gasteiger partial charge is 0.337 e. The number of thiazole rings is 3. The maximum Gasteiger partial charge on any atom is 0.337 e. The van der Waals surface area contributed by atoms with Crippen LogP contribution in [0.1, 0.15) is 117 Å². The number of ether oxygens (including phenoxy) is 2. The summed E-state index contributed by atoms with van der Waals surface area (Å²) < 4.78 is 15.1. The Kier molecular flexibility index (Phi) is 23.4. The van der Waals surface area contributed by atoms with E-state index in [0.717, 1.165) is 140 Å². The van der Waals surface area contributed by atoms with Gasteiger partial charge >= 0.3 is 17.9 Å². The van der Waals surface area contributed by atoms with Gasteiger partial charge in [-0.05, 0) is 197 Å². The number of benzene rings is 7. The van der Waals surface area contributed by atoms with Crippen molar-refractivity contribution in [2.75, 3.05) is 55.1 Å². The third kappa shape index (κ3) is 17.9. The summed E-state index contributed by atoms with van der Waals surface area (Å²) in [4.78, 5) is 70.4. The molecular formula is C81H77ClN14O7S3. The highest BCUT2D eigenvalue weighted by Gasteiger charge is 2.25. The number of methoxy groups -OCH3 is 2. The van der Waals surface area contributed by atoms with E-state index >= 15 is 0 Å². The zero-order chi connectivity index (χ0) is 72.2. The molecule has 17 rings (SSSR count). The third-order valence-electron chi connectivity index (χ3n) is 18.7. The van der Waals surface area contributed by atoms with Crippen LogP contribution >= 0.6 is 46.4 Å². The molecular weight excluding hydrogens is 1410 g/mol. The molecule has 0 fully saturated rings. The van der Waals surface area contributed by atoms with Crippen molar-refractivity contribution >= 4 is 85.6 Å². The summed E-state index contributed by atoms with van der Waals surface area (Å²) in [6, 6.07) is 53.7. The molecule has 10 heterocycles. The topological polar surface area (TPSA) is 247 Å². The highest BCUT2D eigenvalue weighted by atomic mass is 35.5. The number of aromatic carboxylic acids is 1. The lowest BCUT2D eigenvalue weighted by molar-refractivity contribution is 0.0591. The molecule has 0 aliphatic carbocycles. The maximum absolute atomic E-state index is 11.9. The summed E-state index contributed by atoms with van der Waals surface area (Å²) in [6.07, 6.45) is 23.4. The third-order valence-corrected chi connectivity index (χ3v) is 21.9. The molecule has 0 saturated carbocycles. The van der Waals surface area contributed by atoms with Gasteiger partial charge in [0.1, 0.15) is 0 Å². The Bertz CT molecular complexity index is 5020. The van der Waals surface area contributed by atoms with Crippen molar-refractivity contribution in [3.63, 3.8) is 0 Å². The van der Waals surface area contributed by atoms with Gasteiger partial charge in [-0.1, -0.05) is 60.7 Å². The predicted octanol–water partition coefficient (Wildman–Crippen LogP) is 13.6. The number of carboxylic acids is 1. The number of nitrogens with zero attached hydrogens (tertiary/aromatic N) is 12. The Hall–Kier alpha value is -11.4. The number of nitrogens with two attached hydrogens (primary N) is 1. The Morgan fingerprint density at radius 1 is 0.443 bits per heavy atom. The van der Waals surface area contributed by atoms with Crippen molar-refractivity contribution in [1.82, 2.24) is 49.6 Å². The van der Waals surface area contributed by atoms with Crippen molar-refractivity contribution in [1.29, 1.82) is 0 Å². The Morgan fingerprint density at radius 3 is 1.17 bits per heavy atom. The van der Waals surface area contributed by atoms with Crippen LogP contribution in [0, 0.1) is 0 Å². The number of fused-ring (bicyclic) bond motifs is 4. The van der Waals surface area contributed by atoms with Crippen molar-refractivity contribution in [3.8, 4) is 17.1 Å². The van der Waals surface area contributed by atoms with E-state index in [1.54, 1.807) is 64.7 Å². The zero-order valence-electron chi connectivity index (χ0n) is 58.4. The molecule has 6 aromatic heterocycles. The van der Waals surface area contributed by atoms with E-state index in [0.29, 0.717) is 28.8 Å². The first-order chi connectivity index (χ1) is 51.3. The van der Waals surface area contributed by atoms with Crippen LogP contribution in [0.5, 0.6) is 0 Å². The largest absolute Gasteiger partial charge is 0.478 e. The molecule has 4 aliphatic rings.